The Morgan fingerprint density at radius 3 is 2.90 bits per heavy atom. The van der Waals surface area contributed by atoms with Gasteiger partial charge in [0.25, 0.3) is 0 Å². The molecule has 1 saturated heterocycles. The Bertz CT molecular complexity index is 417. The quantitative estimate of drug-likeness (QED) is 0.903. The molecule has 1 unspecified atom stereocenters. The lowest BCUT2D eigenvalue weighted by Gasteiger charge is -2.22. The number of halogens is 3. The van der Waals surface area contributed by atoms with E-state index in [0.717, 1.165) is 38.2 Å². The first-order valence-electron chi connectivity index (χ1n) is 6.66. The van der Waals surface area contributed by atoms with E-state index in [4.69, 9.17) is 4.74 Å². The van der Waals surface area contributed by atoms with E-state index in [2.05, 4.69) is 10.1 Å². The molecule has 3 nitrogen and oxygen atoms in total. The van der Waals surface area contributed by atoms with Gasteiger partial charge in [-0.25, -0.2) is 0 Å². The third-order valence-corrected chi connectivity index (χ3v) is 3.15. The fourth-order valence-electron chi connectivity index (χ4n) is 2.24. The van der Waals surface area contributed by atoms with Gasteiger partial charge < -0.3 is 14.8 Å². The van der Waals surface area contributed by atoms with Gasteiger partial charge in [-0.15, -0.1) is 13.2 Å². The van der Waals surface area contributed by atoms with Crippen LogP contribution in [0.2, 0.25) is 0 Å². The minimum Gasteiger partial charge on any atom is -0.406 e. The van der Waals surface area contributed by atoms with Crippen molar-refractivity contribution in [3.63, 3.8) is 0 Å². The van der Waals surface area contributed by atoms with Crippen molar-refractivity contribution in [3.8, 4) is 5.75 Å². The zero-order valence-electron chi connectivity index (χ0n) is 11.1. The van der Waals surface area contributed by atoms with E-state index >= 15 is 0 Å². The maximum Gasteiger partial charge on any atom is 0.573 e. The van der Waals surface area contributed by atoms with E-state index in [0.29, 0.717) is 12.5 Å². The fourth-order valence-corrected chi connectivity index (χ4v) is 2.24. The molecular formula is C14H18F3NO2. The molecule has 0 aromatic heterocycles. The van der Waals surface area contributed by atoms with Gasteiger partial charge in [-0.1, -0.05) is 12.1 Å². The average Bonchev–Trinajstić information content (AvgIpc) is 2.38. The lowest BCUT2D eigenvalue weighted by atomic mass is 10.0. The number of rotatable bonds is 5. The smallest absolute Gasteiger partial charge is 0.406 e. The highest BCUT2D eigenvalue weighted by molar-refractivity contribution is 5.28. The predicted octanol–water partition coefficient (Wildman–Crippen LogP) is 3.10. The summed E-state index contributed by atoms with van der Waals surface area (Å²) < 4.78 is 45.6. The fraction of sp³-hybridized carbons (Fsp3) is 0.571. The Balaban J connectivity index is 1.79. The molecule has 2 rings (SSSR count). The SMILES string of the molecule is FC(F)(F)Oc1cccc(CNCC2CCCOC2)c1. The molecule has 0 aliphatic carbocycles. The van der Waals surface area contributed by atoms with Crippen LogP contribution in [-0.4, -0.2) is 26.1 Å². The van der Waals surface area contributed by atoms with Gasteiger partial charge in [0, 0.05) is 19.7 Å². The van der Waals surface area contributed by atoms with E-state index in [9.17, 15) is 13.2 Å². The molecule has 0 bridgehead atoms. The molecule has 0 amide bonds. The summed E-state index contributed by atoms with van der Waals surface area (Å²) in [6.07, 6.45) is -2.45. The maximum atomic E-state index is 12.1. The number of alkyl halides is 3. The molecule has 20 heavy (non-hydrogen) atoms. The zero-order chi connectivity index (χ0) is 14.4. The zero-order valence-corrected chi connectivity index (χ0v) is 11.1. The summed E-state index contributed by atoms with van der Waals surface area (Å²) in [5.41, 5.74) is 0.767. The molecule has 1 heterocycles. The normalized spacial score (nSPS) is 19.9. The van der Waals surface area contributed by atoms with Gasteiger partial charge in [0.2, 0.25) is 0 Å². The molecule has 1 aromatic carbocycles. The molecule has 0 saturated carbocycles. The number of benzene rings is 1. The Morgan fingerprint density at radius 1 is 1.35 bits per heavy atom. The van der Waals surface area contributed by atoms with Crippen molar-refractivity contribution in [1.29, 1.82) is 0 Å². The standard InChI is InChI=1S/C14H18F3NO2/c15-14(16,17)20-13-5-1-3-11(7-13)8-18-9-12-4-2-6-19-10-12/h1,3,5,7,12,18H,2,4,6,8-10H2. The van der Waals surface area contributed by atoms with Crippen LogP contribution in [0.5, 0.6) is 5.75 Å². The summed E-state index contributed by atoms with van der Waals surface area (Å²) in [7, 11) is 0. The van der Waals surface area contributed by atoms with Crippen LogP contribution >= 0.6 is 0 Å². The summed E-state index contributed by atoms with van der Waals surface area (Å²) >= 11 is 0. The Labute approximate surface area is 116 Å². The first kappa shape index (κ1) is 15.1. The number of ether oxygens (including phenoxy) is 2. The maximum absolute atomic E-state index is 12.1. The van der Waals surface area contributed by atoms with E-state index in [1.54, 1.807) is 12.1 Å². The van der Waals surface area contributed by atoms with Crippen LogP contribution in [0.15, 0.2) is 24.3 Å². The van der Waals surface area contributed by atoms with Gasteiger partial charge in [0.1, 0.15) is 5.75 Å². The van der Waals surface area contributed by atoms with Crippen molar-refractivity contribution in [3.05, 3.63) is 29.8 Å². The topological polar surface area (TPSA) is 30.5 Å². The average molecular weight is 289 g/mol. The van der Waals surface area contributed by atoms with Crippen LogP contribution < -0.4 is 10.1 Å². The van der Waals surface area contributed by atoms with Crippen molar-refractivity contribution in [2.45, 2.75) is 25.7 Å². The summed E-state index contributed by atoms with van der Waals surface area (Å²) in [6, 6.07) is 6.03. The van der Waals surface area contributed by atoms with Crippen LogP contribution in [0, 0.1) is 5.92 Å². The third kappa shape index (κ3) is 5.38. The minimum atomic E-state index is -4.65. The van der Waals surface area contributed by atoms with Crippen molar-refractivity contribution in [2.24, 2.45) is 5.92 Å². The minimum absolute atomic E-state index is 0.183. The highest BCUT2D eigenvalue weighted by Crippen LogP contribution is 2.23. The largest absolute Gasteiger partial charge is 0.573 e. The van der Waals surface area contributed by atoms with Gasteiger partial charge in [0.15, 0.2) is 0 Å². The van der Waals surface area contributed by atoms with Crippen molar-refractivity contribution >= 4 is 0 Å². The number of nitrogens with one attached hydrogen (secondary N) is 1. The first-order valence-corrected chi connectivity index (χ1v) is 6.66. The summed E-state index contributed by atoms with van der Waals surface area (Å²) in [6.45, 7) is 2.91. The Morgan fingerprint density at radius 2 is 2.20 bits per heavy atom. The van der Waals surface area contributed by atoms with Crippen LogP contribution in [0.1, 0.15) is 18.4 Å². The molecule has 1 fully saturated rings. The highest BCUT2D eigenvalue weighted by atomic mass is 19.4. The van der Waals surface area contributed by atoms with E-state index in [1.807, 2.05) is 0 Å². The molecule has 112 valence electrons. The molecule has 1 aliphatic rings. The number of hydrogen-bond donors (Lipinski definition) is 1. The van der Waals surface area contributed by atoms with Gasteiger partial charge in [-0.05, 0) is 36.5 Å². The molecule has 0 radical (unpaired) electrons. The van der Waals surface area contributed by atoms with Crippen LogP contribution in [0.3, 0.4) is 0 Å². The van der Waals surface area contributed by atoms with E-state index < -0.39 is 6.36 Å². The highest BCUT2D eigenvalue weighted by Gasteiger charge is 2.31. The molecule has 1 aliphatic heterocycles. The first-order chi connectivity index (χ1) is 9.53. The molecule has 1 N–H and O–H groups in total. The van der Waals surface area contributed by atoms with E-state index in [1.165, 1.54) is 12.1 Å². The van der Waals surface area contributed by atoms with Crippen molar-refractivity contribution < 1.29 is 22.6 Å². The van der Waals surface area contributed by atoms with Gasteiger partial charge in [-0.3, -0.25) is 0 Å². The van der Waals surface area contributed by atoms with Crippen LogP contribution in [-0.2, 0) is 11.3 Å². The molecule has 1 aromatic rings. The molecular weight excluding hydrogens is 271 g/mol. The Hall–Kier alpha value is -1.27. The second kappa shape index (κ2) is 6.95. The summed E-state index contributed by atoms with van der Waals surface area (Å²) in [5, 5.41) is 3.24. The molecule has 1 atom stereocenters. The second-order valence-corrected chi connectivity index (χ2v) is 4.91. The molecule has 6 heteroatoms. The number of hydrogen-bond acceptors (Lipinski definition) is 3. The summed E-state index contributed by atoms with van der Waals surface area (Å²) in [5.74, 6) is 0.302. The van der Waals surface area contributed by atoms with Crippen LogP contribution in [0.25, 0.3) is 0 Å². The lowest BCUT2D eigenvalue weighted by molar-refractivity contribution is -0.274. The summed E-state index contributed by atoms with van der Waals surface area (Å²) in [4.78, 5) is 0. The van der Waals surface area contributed by atoms with Crippen molar-refractivity contribution in [1.82, 2.24) is 5.32 Å². The van der Waals surface area contributed by atoms with Crippen molar-refractivity contribution in [2.75, 3.05) is 19.8 Å². The predicted molar refractivity (Wildman–Crippen MR) is 68.4 cm³/mol. The molecule has 0 spiro atoms. The van der Waals surface area contributed by atoms with Gasteiger partial charge in [0.05, 0.1) is 6.61 Å². The van der Waals surface area contributed by atoms with Gasteiger partial charge >= 0.3 is 6.36 Å². The monoisotopic (exact) mass is 289 g/mol. The van der Waals surface area contributed by atoms with E-state index in [-0.39, 0.29) is 5.75 Å². The second-order valence-electron chi connectivity index (χ2n) is 4.91. The van der Waals surface area contributed by atoms with Crippen LogP contribution in [0.4, 0.5) is 13.2 Å². The Kier molecular flexibility index (Phi) is 5.25. The van der Waals surface area contributed by atoms with Gasteiger partial charge in [-0.2, -0.15) is 0 Å². The third-order valence-electron chi connectivity index (χ3n) is 3.15. The lowest BCUT2D eigenvalue weighted by Crippen LogP contribution is -2.28.